The van der Waals surface area contributed by atoms with E-state index in [0.717, 1.165) is 6.07 Å². The number of nitrogens with zero attached hydrogens (tertiary/aromatic N) is 1. The van der Waals surface area contributed by atoms with Crippen LogP contribution in [-0.4, -0.2) is 54.4 Å². The number of anilines is 1. The number of rotatable bonds is 10. The van der Waals surface area contributed by atoms with E-state index in [4.69, 9.17) is 16.3 Å². The molecule has 1 amide bonds. The molecule has 0 aromatic heterocycles. The monoisotopic (exact) mass is 489 g/mol. The van der Waals surface area contributed by atoms with Gasteiger partial charge in [-0.05, 0) is 57.3 Å². The Bertz CT molecular complexity index is 1150. The molecule has 0 aliphatic rings. The van der Waals surface area contributed by atoms with Crippen molar-refractivity contribution in [2.75, 3.05) is 31.5 Å². The van der Waals surface area contributed by atoms with Crippen LogP contribution in [0, 0.1) is 0 Å². The standard InChI is InChI=1S/C19H24ClN3O6S2/c1-4-23(5-2)19(24)13-29-18-10-9-14(11-17(18)20)22-31(27,28)16-8-6-7-15(12-16)30(25,26)21-3/h6-12,21-22H,4-5,13H2,1-3H3. The first-order chi connectivity index (χ1) is 14.5. The Hall–Kier alpha value is -2.34. The summed E-state index contributed by atoms with van der Waals surface area (Å²) in [6.07, 6.45) is 0. The number of benzene rings is 2. The molecule has 0 aliphatic heterocycles. The van der Waals surface area contributed by atoms with Gasteiger partial charge in [-0.2, -0.15) is 0 Å². The maximum atomic E-state index is 12.7. The molecule has 12 heteroatoms. The van der Waals surface area contributed by atoms with Crippen LogP contribution in [0.3, 0.4) is 0 Å². The minimum atomic E-state index is -4.08. The average Bonchev–Trinajstić information content (AvgIpc) is 2.74. The highest BCUT2D eigenvalue weighted by Gasteiger charge is 2.19. The van der Waals surface area contributed by atoms with Crippen LogP contribution in [0.15, 0.2) is 52.3 Å². The SMILES string of the molecule is CCN(CC)C(=O)COc1ccc(NS(=O)(=O)c2cccc(S(=O)(=O)NC)c2)cc1Cl. The van der Waals surface area contributed by atoms with E-state index < -0.39 is 20.0 Å². The fourth-order valence-electron chi connectivity index (χ4n) is 2.63. The van der Waals surface area contributed by atoms with E-state index in [1.54, 1.807) is 4.90 Å². The van der Waals surface area contributed by atoms with Crippen molar-refractivity contribution in [3.63, 3.8) is 0 Å². The van der Waals surface area contributed by atoms with Gasteiger partial charge in [0.05, 0.1) is 20.5 Å². The first kappa shape index (κ1) is 24.9. The van der Waals surface area contributed by atoms with Crippen molar-refractivity contribution in [3.8, 4) is 5.75 Å². The molecule has 0 spiro atoms. The van der Waals surface area contributed by atoms with Crippen molar-refractivity contribution < 1.29 is 26.4 Å². The minimum absolute atomic E-state index is 0.110. The number of amides is 1. The lowest BCUT2D eigenvalue weighted by atomic mass is 10.3. The number of carbonyl (C=O) groups excluding carboxylic acids is 1. The topological polar surface area (TPSA) is 122 Å². The second-order valence-corrected chi connectivity index (χ2v) is 10.3. The van der Waals surface area contributed by atoms with Crippen LogP contribution in [0.2, 0.25) is 5.02 Å². The van der Waals surface area contributed by atoms with Gasteiger partial charge in [-0.25, -0.2) is 21.6 Å². The van der Waals surface area contributed by atoms with Crippen LogP contribution in [-0.2, 0) is 24.8 Å². The van der Waals surface area contributed by atoms with Crippen molar-refractivity contribution >= 4 is 43.2 Å². The Labute approximate surface area is 187 Å². The van der Waals surface area contributed by atoms with E-state index in [-0.39, 0.29) is 38.8 Å². The van der Waals surface area contributed by atoms with Gasteiger partial charge in [0.1, 0.15) is 5.75 Å². The van der Waals surface area contributed by atoms with Gasteiger partial charge in [0.2, 0.25) is 10.0 Å². The van der Waals surface area contributed by atoms with E-state index in [9.17, 15) is 21.6 Å². The Balaban J connectivity index is 2.17. The van der Waals surface area contributed by atoms with Gasteiger partial charge >= 0.3 is 0 Å². The van der Waals surface area contributed by atoms with Gasteiger partial charge in [-0.3, -0.25) is 9.52 Å². The van der Waals surface area contributed by atoms with Gasteiger partial charge in [0, 0.05) is 13.1 Å². The number of ether oxygens (including phenoxy) is 1. The molecule has 2 rings (SSSR count). The van der Waals surface area contributed by atoms with Gasteiger partial charge in [-0.1, -0.05) is 17.7 Å². The summed E-state index contributed by atoms with van der Waals surface area (Å²) in [6, 6.07) is 9.14. The molecule has 0 fully saturated rings. The van der Waals surface area contributed by atoms with Crippen molar-refractivity contribution in [1.29, 1.82) is 0 Å². The molecule has 0 unspecified atom stereocenters. The van der Waals surface area contributed by atoms with Crippen molar-refractivity contribution in [3.05, 3.63) is 47.5 Å². The van der Waals surface area contributed by atoms with E-state index in [1.165, 1.54) is 43.4 Å². The highest BCUT2D eigenvalue weighted by molar-refractivity contribution is 7.93. The number of sulfonamides is 2. The molecule has 0 radical (unpaired) electrons. The lowest BCUT2D eigenvalue weighted by molar-refractivity contribution is -0.132. The molecule has 0 atom stereocenters. The number of carbonyl (C=O) groups is 1. The van der Waals surface area contributed by atoms with E-state index in [2.05, 4.69) is 9.44 Å². The number of hydrogen-bond donors (Lipinski definition) is 2. The van der Waals surface area contributed by atoms with Gasteiger partial charge in [0.25, 0.3) is 15.9 Å². The maximum absolute atomic E-state index is 12.7. The first-order valence-corrected chi connectivity index (χ1v) is 12.6. The molecular formula is C19H24ClN3O6S2. The largest absolute Gasteiger partial charge is 0.482 e. The van der Waals surface area contributed by atoms with E-state index >= 15 is 0 Å². The van der Waals surface area contributed by atoms with Crippen LogP contribution < -0.4 is 14.2 Å². The van der Waals surface area contributed by atoms with Gasteiger partial charge < -0.3 is 9.64 Å². The maximum Gasteiger partial charge on any atom is 0.261 e. The number of halogens is 1. The molecule has 9 nitrogen and oxygen atoms in total. The molecular weight excluding hydrogens is 466 g/mol. The molecule has 0 saturated heterocycles. The number of likely N-dealkylation sites (N-methyl/N-ethyl adjacent to an activating group) is 1. The Morgan fingerprint density at radius 3 is 2.16 bits per heavy atom. The molecule has 31 heavy (non-hydrogen) atoms. The Morgan fingerprint density at radius 1 is 1.00 bits per heavy atom. The Kier molecular flexibility index (Phi) is 8.29. The molecule has 170 valence electrons. The molecule has 2 aromatic carbocycles. The van der Waals surface area contributed by atoms with Crippen LogP contribution in [0.5, 0.6) is 5.75 Å². The highest BCUT2D eigenvalue weighted by atomic mass is 35.5. The summed E-state index contributed by atoms with van der Waals surface area (Å²) >= 11 is 6.17. The molecule has 2 aromatic rings. The summed E-state index contributed by atoms with van der Waals surface area (Å²) in [6.45, 7) is 4.64. The molecule has 0 heterocycles. The lowest BCUT2D eigenvalue weighted by Gasteiger charge is -2.19. The number of hydrogen-bond acceptors (Lipinski definition) is 6. The number of nitrogens with one attached hydrogen (secondary N) is 2. The summed E-state index contributed by atoms with van der Waals surface area (Å²) < 4.78 is 59.1. The third-order valence-corrected chi connectivity index (χ3v) is 7.43. The summed E-state index contributed by atoms with van der Waals surface area (Å²) in [7, 11) is -6.65. The molecule has 0 saturated carbocycles. The second-order valence-electron chi connectivity index (χ2n) is 6.29. The quantitative estimate of drug-likeness (QED) is 0.528. The third kappa shape index (κ3) is 6.33. The molecule has 0 aliphatic carbocycles. The zero-order chi connectivity index (χ0) is 23.2. The van der Waals surface area contributed by atoms with Crippen molar-refractivity contribution in [2.24, 2.45) is 0 Å². The minimum Gasteiger partial charge on any atom is -0.482 e. The normalized spacial score (nSPS) is 11.7. The fraction of sp³-hybridized carbons (Fsp3) is 0.316. The summed E-state index contributed by atoms with van der Waals surface area (Å²) in [5.74, 6) is 0.0366. The van der Waals surface area contributed by atoms with Gasteiger partial charge in [0.15, 0.2) is 6.61 Å². The second kappa shape index (κ2) is 10.3. The lowest BCUT2D eigenvalue weighted by Crippen LogP contribution is -2.34. The predicted molar refractivity (Wildman–Crippen MR) is 118 cm³/mol. The van der Waals surface area contributed by atoms with Gasteiger partial charge in [-0.15, -0.1) is 0 Å². The van der Waals surface area contributed by atoms with Crippen molar-refractivity contribution in [2.45, 2.75) is 23.6 Å². The summed E-state index contributed by atoms with van der Waals surface area (Å²) in [4.78, 5) is 13.2. The van der Waals surface area contributed by atoms with Crippen LogP contribution >= 0.6 is 11.6 Å². The smallest absolute Gasteiger partial charge is 0.261 e. The zero-order valence-corrected chi connectivity index (χ0v) is 19.6. The predicted octanol–water partition coefficient (Wildman–Crippen LogP) is 2.30. The van der Waals surface area contributed by atoms with Crippen LogP contribution in [0.1, 0.15) is 13.8 Å². The highest BCUT2D eigenvalue weighted by Crippen LogP contribution is 2.29. The summed E-state index contributed by atoms with van der Waals surface area (Å²) in [5.41, 5.74) is 0.147. The summed E-state index contributed by atoms with van der Waals surface area (Å²) in [5, 5.41) is 0.110. The van der Waals surface area contributed by atoms with Crippen LogP contribution in [0.4, 0.5) is 5.69 Å². The van der Waals surface area contributed by atoms with Crippen LogP contribution in [0.25, 0.3) is 0 Å². The van der Waals surface area contributed by atoms with E-state index in [1.807, 2.05) is 13.8 Å². The molecule has 2 N–H and O–H groups in total. The van der Waals surface area contributed by atoms with Crippen molar-refractivity contribution in [1.82, 2.24) is 9.62 Å². The first-order valence-electron chi connectivity index (χ1n) is 9.30. The molecule has 0 bridgehead atoms. The fourth-order valence-corrected chi connectivity index (χ4v) is 4.81. The average molecular weight is 490 g/mol. The third-order valence-electron chi connectivity index (χ3n) is 4.35. The Morgan fingerprint density at radius 2 is 1.61 bits per heavy atom. The zero-order valence-electron chi connectivity index (χ0n) is 17.3. The van der Waals surface area contributed by atoms with E-state index in [0.29, 0.717) is 13.1 Å².